The van der Waals surface area contributed by atoms with E-state index in [1.54, 1.807) is 26.0 Å². The van der Waals surface area contributed by atoms with Gasteiger partial charge in [-0.15, -0.1) is 0 Å². The van der Waals surface area contributed by atoms with Gasteiger partial charge in [-0.05, 0) is 30.7 Å². The molecule has 0 bridgehead atoms. The first-order valence-corrected chi connectivity index (χ1v) is 8.64. The molecule has 7 heteroatoms. The Morgan fingerprint density at radius 1 is 1.17 bits per heavy atom. The first kappa shape index (κ1) is 17.9. The Bertz CT molecular complexity index is 803. The molecular formula is C17H20N2O4S. The van der Waals surface area contributed by atoms with Crippen LogP contribution in [-0.4, -0.2) is 21.6 Å². The molecule has 0 aliphatic rings. The number of hydrogen-bond donors (Lipinski definition) is 1. The molecular weight excluding hydrogens is 328 g/mol. The van der Waals surface area contributed by atoms with Crippen molar-refractivity contribution in [3.05, 3.63) is 33.9 Å². The van der Waals surface area contributed by atoms with Gasteiger partial charge in [0.25, 0.3) is 0 Å². The zero-order valence-corrected chi connectivity index (χ0v) is 14.7. The molecule has 2 aromatic rings. The van der Waals surface area contributed by atoms with Gasteiger partial charge < -0.3 is 9.84 Å². The quantitative estimate of drug-likeness (QED) is 0.840. The first-order chi connectivity index (χ1) is 11.5. The lowest BCUT2D eigenvalue weighted by Gasteiger charge is -2.08. The maximum Gasteiger partial charge on any atom is 0.312 e. The zero-order chi connectivity index (χ0) is 17.7. The van der Waals surface area contributed by atoms with Gasteiger partial charge in [0.05, 0.1) is 10.6 Å². The van der Waals surface area contributed by atoms with E-state index in [0.29, 0.717) is 16.9 Å². The summed E-state index contributed by atoms with van der Waals surface area (Å²) in [6, 6.07) is 6.35. The third-order valence-electron chi connectivity index (χ3n) is 3.29. The molecule has 2 rings (SSSR count). The van der Waals surface area contributed by atoms with Crippen LogP contribution in [0, 0.1) is 0 Å². The number of benzene rings is 1. The van der Waals surface area contributed by atoms with Crippen molar-refractivity contribution in [1.29, 1.82) is 0 Å². The van der Waals surface area contributed by atoms with Crippen molar-refractivity contribution in [3.8, 4) is 11.6 Å². The fourth-order valence-corrected chi connectivity index (χ4v) is 3.02. The molecule has 1 aromatic heterocycles. The minimum Gasteiger partial charge on any atom is -0.508 e. The van der Waals surface area contributed by atoms with Crippen LogP contribution in [0.25, 0.3) is 0 Å². The minimum atomic E-state index is -0.392. The zero-order valence-electron chi connectivity index (χ0n) is 13.9. The summed E-state index contributed by atoms with van der Waals surface area (Å²) in [6.07, 6.45) is 1.11. The summed E-state index contributed by atoms with van der Waals surface area (Å²) in [5.41, 5.74) is 0.600. The van der Waals surface area contributed by atoms with Crippen LogP contribution >= 0.6 is 11.3 Å². The fourth-order valence-electron chi connectivity index (χ4n) is 2.01. The topological polar surface area (TPSA) is 80.9 Å². The van der Waals surface area contributed by atoms with Crippen LogP contribution in [-0.2, 0) is 11.2 Å². The molecule has 0 atom stereocenters. The largest absolute Gasteiger partial charge is 0.508 e. The van der Waals surface area contributed by atoms with E-state index in [2.05, 4.69) is 4.99 Å². The Morgan fingerprint density at radius 2 is 1.83 bits per heavy atom. The second-order valence-electron chi connectivity index (χ2n) is 5.01. The van der Waals surface area contributed by atoms with Gasteiger partial charge in [-0.1, -0.05) is 32.1 Å². The lowest BCUT2D eigenvalue weighted by atomic mass is 10.3. The van der Waals surface area contributed by atoms with Crippen LogP contribution in [0.5, 0.6) is 11.6 Å². The van der Waals surface area contributed by atoms with E-state index in [0.717, 1.165) is 4.88 Å². The third-order valence-corrected chi connectivity index (χ3v) is 4.46. The predicted octanol–water partition coefficient (Wildman–Crippen LogP) is 3.42. The molecule has 0 aliphatic carbocycles. The number of carbonyl (C=O) groups is 2. The van der Waals surface area contributed by atoms with Crippen LogP contribution in [0.4, 0.5) is 5.69 Å². The lowest BCUT2D eigenvalue weighted by Crippen LogP contribution is -2.24. The number of aromatic hydroxyl groups is 1. The van der Waals surface area contributed by atoms with Gasteiger partial charge in [-0.3, -0.25) is 9.59 Å². The molecule has 1 aromatic carbocycles. The van der Waals surface area contributed by atoms with E-state index >= 15 is 0 Å². The molecule has 0 radical (unpaired) electrons. The second-order valence-corrected chi connectivity index (χ2v) is 6.07. The number of esters is 1. The summed E-state index contributed by atoms with van der Waals surface area (Å²) in [4.78, 5) is 29.8. The van der Waals surface area contributed by atoms with E-state index in [9.17, 15) is 14.7 Å². The number of phenolic OH excluding ortho intramolecular Hbond substituents is 1. The number of carbonyl (C=O) groups excluding carboxylic acids is 2. The molecule has 0 amide bonds. The van der Waals surface area contributed by atoms with Gasteiger partial charge in [-0.25, -0.2) is 9.56 Å². The van der Waals surface area contributed by atoms with Crippen LogP contribution in [0.3, 0.4) is 0 Å². The van der Waals surface area contributed by atoms with Crippen LogP contribution in [0.2, 0.25) is 0 Å². The minimum absolute atomic E-state index is 0.143. The summed E-state index contributed by atoms with van der Waals surface area (Å²) in [5, 5.41) is 9.36. The summed E-state index contributed by atoms with van der Waals surface area (Å²) >= 11 is 1.32. The monoisotopic (exact) mass is 348 g/mol. The van der Waals surface area contributed by atoms with E-state index in [-0.39, 0.29) is 30.4 Å². The number of hydrogen-bond acceptors (Lipinski definition) is 6. The molecule has 1 heterocycles. The van der Waals surface area contributed by atoms with Gasteiger partial charge in [-0.2, -0.15) is 0 Å². The maximum absolute atomic E-state index is 12.4. The smallest absolute Gasteiger partial charge is 0.312 e. The molecule has 0 aliphatic heterocycles. The summed E-state index contributed by atoms with van der Waals surface area (Å²) in [5.74, 6) is -0.179. The molecule has 0 spiro atoms. The number of nitrogens with zero attached hydrogens (tertiary/aromatic N) is 2. The number of phenols is 1. The average Bonchev–Trinajstić information content (AvgIpc) is 2.93. The van der Waals surface area contributed by atoms with E-state index in [4.69, 9.17) is 4.74 Å². The molecule has 0 saturated carbocycles. The molecule has 24 heavy (non-hydrogen) atoms. The molecule has 0 unspecified atom stereocenters. The third kappa shape index (κ3) is 3.91. The Labute approximate surface area is 144 Å². The van der Waals surface area contributed by atoms with Gasteiger partial charge >= 0.3 is 5.97 Å². The Balaban J connectivity index is 2.64. The van der Waals surface area contributed by atoms with Crippen LogP contribution < -0.4 is 9.54 Å². The van der Waals surface area contributed by atoms with Crippen LogP contribution in [0.1, 0.15) is 43.3 Å². The number of ether oxygens (including phenoxy) is 1. The summed E-state index contributed by atoms with van der Waals surface area (Å²) < 4.78 is 6.76. The highest BCUT2D eigenvalue weighted by atomic mass is 32.1. The maximum atomic E-state index is 12.4. The van der Waals surface area contributed by atoms with Gasteiger partial charge in [0, 0.05) is 12.8 Å². The van der Waals surface area contributed by atoms with Crippen molar-refractivity contribution in [2.75, 3.05) is 0 Å². The van der Waals surface area contributed by atoms with Crippen LogP contribution in [0.15, 0.2) is 29.3 Å². The molecule has 0 saturated heterocycles. The van der Waals surface area contributed by atoms with Crippen molar-refractivity contribution in [1.82, 2.24) is 4.57 Å². The van der Waals surface area contributed by atoms with Crippen molar-refractivity contribution in [2.24, 2.45) is 4.99 Å². The molecule has 128 valence electrons. The molecule has 0 fully saturated rings. The Hall–Kier alpha value is -2.41. The average molecular weight is 348 g/mol. The highest BCUT2D eigenvalue weighted by molar-refractivity contribution is 7.09. The first-order valence-electron chi connectivity index (χ1n) is 7.82. The van der Waals surface area contributed by atoms with Crippen molar-refractivity contribution < 1.29 is 19.4 Å². The van der Waals surface area contributed by atoms with E-state index in [1.807, 2.05) is 6.92 Å². The van der Waals surface area contributed by atoms with Crippen molar-refractivity contribution >= 4 is 28.9 Å². The number of thiazole rings is 1. The fraction of sp³-hybridized carbons (Fsp3) is 0.353. The predicted molar refractivity (Wildman–Crippen MR) is 91.9 cm³/mol. The van der Waals surface area contributed by atoms with Gasteiger partial charge in [0.1, 0.15) is 5.75 Å². The number of aromatic nitrogens is 1. The highest BCUT2D eigenvalue weighted by Gasteiger charge is 2.20. The van der Waals surface area contributed by atoms with Crippen molar-refractivity contribution in [3.63, 3.8) is 0 Å². The second kappa shape index (κ2) is 7.92. The van der Waals surface area contributed by atoms with Crippen molar-refractivity contribution in [2.45, 2.75) is 40.0 Å². The number of aryl methyl sites for hydroxylation is 1. The normalized spacial score (nSPS) is 11.5. The lowest BCUT2D eigenvalue weighted by molar-refractivity contribution is -0.134. The Kier molecular flexibility index (Phi) is 5.92. The number of rotatable bonds is 5. The van der Waals surface area contributed by atoms with Gasteiger partial charge in [0.2, 0.25) is 11.8 Å². The molecule has 6 nitrogen and oxygen atoms in total. The Morgan fingerprint density at radius 3 is 2.38 bits per heavy atom. The van der Waals surface area contributed by atoms with Gasteiger partial charge in [0.15, 0.2) is 4.80 Å². The highest BCUT2D eigenvalue weighted by Crippen LogP contribution is 2.24. The SMILES string of the molecule is CCC(=O)Oc1c(CC)sc(=Nc2ccc(O)cc2)n1C(=O)CC. The summed E-state index contributed by atoms with van der Waals surface area (Å²) in [6.45, 7) is 5.38. The molecule has 1 N–H and O–H groups in total. The van der Waals surface area contributed by atoms with E-state index in [1.165, 1.54) is 28.0 Å². The van der Waals surface area contributed by atoms with E-state index < -0.39 is 5.97 Å². The summed E-state index contributed by atoms with van der Waals surface area (Å²) in [7, 11) is 0. The standard InChI is InChI=1S/C17H20N2O4S/c1-4-13-16(23-15(22)6-3)19(14(21)5-2)17(24-13)18-11-7-9-12(20)10-8-11/h7-10,20H,4-6H2,1-3H3.